The van der Waals surface area contributed by atoms with E-state index in [1.165, 1.54) is 11.8 Å². The van der Waals surface area contributed by atoms with Crippen LogP contribution in [0.1, 0.15) is 20.3 Å². The number of rotatable bonds is 7. The van der Waals surface area contributed by atoms with Gasteiger partial charge in [-0.15, -0.1) is 0 Å². The molecular formula is C20H23N3O2S. The van der Waals surface area contributed by atoms with Crippen molar-refractivity contribution in [3.63, 3.8) is 0 Å². The zero-order chi connectivity index (χ0) is 18.5. The Kier molecular flexibility index (Phi) is 5.83. The molecule has 1 N–H and O–H groups in total. The molecule has 3 rings (SSSR count). The predicted octanol–water partition coefficient (Wildman–Crippen LogP) is 4.04. The number of fused-ring (bicyclic) bond motifs is 1. The number of hydrogen-bond acceptors (Lipinski definition) is 4. The molecule has 136 valence electrons. The Hall–Kier alpha value is -2.47. The van der Waals surface area contributed by atoms with E-state index in [2.05, 4.69) is 16.8 Å². The molecule has 0 aliphatic carbocycles. The average Bonchev–Trinajstić information content (AvgIpc) is 3.04. The van der Waals surface area contributed by atoms with Gasteiger partial charge in [0.1, 0.15) is 5.75 Å². The van der Waals surface area contributed by atoms with Crippen LogP contribution in [0, 0.1) is 0 Å². The van der Waals surface area contributed by atoms with E-state index in [-0.39, 0.29) is 11.9 Å². The first-order valence-corrected chi connectivity index (χ1v) is 9.65. The van der Waals surface area contributed by atoms with Crippen LogP contribution in [0.3, 0.4) is 0 Å². The molecule has 3 aromatic rings. The van der Waals surface area contributed by atoms with Gasteiger partial charge < -0.3 is 10.1 Å². The number of nitrogens with one attached hydrogen (secondary N) is 1. The van der Waals surface area contributed by atoms with Gasteiger partial charge in [-0.3, -0.25) is 9.36 Å². The van der Waals surface area contributed by atoms with Crippen LogP contribution in [-0.4, -0.2) is 34.4 Å². The second kappa shape index (κ2) is 8.27. The van der Waals surface area contributed by atoms with Gasteiger partial charge in [0.05, 0.1) is 23.9 Å². The van der Waals surface area contributed by atoms with E-state index in [0.717, 1.165) is 34.0 Å². The maximum absolute atomic E-state index is 12.1. The van der Waals surface area contributed by atoms with Crippen LogP contribution in [0.25, 0.3) is 16.7 Å². The minimum Gasteiger partial charge on any atom is -0.497 e. The summed E-state index contributed by atoms with van der Waals surface area (Å²) in [5, 5.41) is 3.80. The molecule has 0 bridgehead atoms. The standard InChI is InChI=1S/C20H23N3O2S/c1-4-14(2)21-19(24)13-26-20-22-17-7-5-6-8-18(17)23(20)15-9-11-16(25-3)12-10-15/h5-12,14H,4,13H2,1-3H3,(H,21,24). The molecule has 0 spiro atoms. The molecule has 5 nitrogen and oxygen atoms in total. The number of ether oxygens (including phenoxy) is 1. The summed E-state index contributed by atoms with van der Waals surface area (Å²) in [7, 11) is 1.65. The summed E-state index contributed by atoms with van der Waals surface area (Å²) in [6, 6.07) is 16.0. The summed E-state index contributed by atoms with van der Waals surface area (Å²) in [6.45, 7) is 4.07. The first-order chi connectivity index (χ1) is 12.6. The molecule has 0 aliphatic heterocycles. The van der Waals surface area contributed by atoms with Crippen molar-refractivity contribution < 1.29 is 9.53 Å². The van der Waals surface area contributed by atoms with Gasteiger partial charge in [-0.25, -0.2) is 4.98 Å². The highest BCUT2D eigenvalue weighted by Gasteiger charge is 2.15. The second-order valence-electron chi connectivity index (χ2n) is 6.08. The van der Waals surface area contributed by atoms with Gasteiger partial charge in [-0.05, 0) is 49.7 Å². The number of carbonyl (C=O) groups is 1. The normalized spacial score (nSPS) is 12.1. The fourth-order valence-corrected chi connectivity index (χ4v) is 3.47. The van der Waals surface area contributed by atoms with Crippen molar-refractivity contribution in [3.8, 4) is 11.4 Å². The van der Waals surface area contributed by atoms with E-state index >= 15 is 0 Å². The van der Waals surface area contributed by atoms with Gasteiger partial charge >= 0.3 is 0 Å². The van der Waals surface area contributed by atoms with E-state index in [0.29, 0.717) is 5.75 Å². The van der Waals surface area contributed by atoms with Crippen LogP contribution in [0.2, 0.25) is 0 Å². The maximum atomic E-state index is 12.1. The zero-order valence-electron chi connectivity index (χ0n) is 15.2. The molecule has 1 amide bonds. The highest BCUT2D eigenvalue weighted by molar-refractivity contribution is 7.99. The molecular weight excluding hydrogens is 346 g/mol. The van der Waals surface area contributed by atoms with Crippen LogP contribution in [0.5, 0.6) is 5.75 Å². The van der Waals surface area contributed by atoms with Crippen molar-refractivity contribution in [2.75, 3.05) is 12.9 Å². The smallest absolute Gasteiger partial charge is 0.230 e. The molecule has 1 unspecified atom stereocenters. The average molecular weight is 369 g/mol. The van der Waals surface area contributed by atoms with Gasteiger partial charge in [-0.2, -0.15) is 0 Å². The van der Waals surface area contributed by atoms with Crippen LogP contribution in [-0.2, 0) is 4.79 Å². The highest BCUT2D eigenvalue weighted by Crippen LogP contribution is 2.28. The van der Waals surface area contributed by atoms with Gasteiger partial charge in [0, 0.05) is 11.7 Å². The van der Waals surface area contributed by atoms with E-state index in [1.54, 1.807) is 7.11 Å². The van der Waals surface area contributed by atoms with Gasteiger partial charge in [0.2, 0.25) is 5.91 Å². The molecule has 0 saturated carbocycles. The Balaban J connectivity index is 1.90. The molecule has 0 fully saturated rings. The lowest BCUT2D eigenvalue weighted by atomic mass is 10.2. The number of para-hydroxylation sites is 2. The number of aromatic nitrogens is 2. The van der Waals surface area contributed by atoms with Crippen LogP contribution in [0.15, 0.2) is 53.7 Å². The first kappa shape index (κ1) is 18.3. The van der Waals surface area contributed by atoms with Gasteiger partial charge in [-0.1, -0.05) is 30.8 Å². The Labute approximate surface area is 157 Å². The quantitative estimate of drug-likeness (QED) is 0.639. The Morgan fingerprint density at radius 3 is 2.65 bits per heavy atom. The predicted molar refractivity (Wildman–Crippen MR) is 106 cm³/mol. The molecule has 0 aliphatic rings. The van der Waals surface area contributed by atoms with Gasteiger partial charge in [0.15, 0.2) is 5.16 Å². The lowest BCUT2D eigenvalue weighted by molar-refractivity contribution is -0.119. The minimum atomic E-state index is 0.0256. The molecule has 1 atom stereocenters. The molecule has 2 aromatic carbocycles. The summed E-state index contributed by atoms with van der Waals surface area (Å²) in [4.78, 5) is 16.9. The SMILES string of the molecule is CCC(C)NC(=O)CSc1nc2ccccc2n1-c1ccc(OC)cc1. The number of nitrogens with zero attached hydrogens (tertiary/aromatic N) is 2. The van der Waals surface area contributed by atoms with Crippen molar-refractivity contribution in [2.45, 2.75) is 31.5 Å². The monoisotopic (exact) mass is 369 g/mol. The molecule has 26 heavy (non-hydrogen) atoms. The zero-order valence-corrected chi connectivity index (χ0v) is 16.0. The first-order valence-electron chi connectivity index (χ1n) is 8.66. The molecule has 1 heterocycles. The topological polar surface area (TPSA) is 56.2 Å². The number of carbonyl (C=O) groups excluding carboxylic acids is 1. The summed E-state index contributed by atoms with van der Waals surface area (Å²) >= 11 is 1.45. The summed E-state index contributed by atoms with van der Waals surface area (Å²) < 4.78 is 7.33. The number of thioether (sulfide) groups is 1. The summed E-state index contributed by atoms with van der Waals surface area (Å²) in [5.41, 5.74) is 2.92. The number of benzene rings is 2. The summed E-state index contributed by atoms with van der Waals surface area (Å²) in [6.07, 6.45) is 0.917. The molecule has 0 radical (unpaired) electrons. The van der Waals surface area contributed by atoms with Crippen molar-refractivity contribution in [2.24, 2.45) is 0 Å². The second-order valence-corrected chi connectivity index (χ2v) is 7.02. The van der Waals surface area contributed by atoms with Gasteiger partial charge in [0.25, 0.3) is 0 Å². The van der Waals surface area contributed by atoms with Crippen molar-refractivity contribution in [1.82, 2.24) is 14.9 Å². The Morgan fingerprint density at radius 1 is 1.23 bits per heavy atom. The molecule has 1 aromatic heterocycles. The number of amides is 1. The van der Waals surface area contributed by atoms with Crippen molar-refractivity contribution in [3.05, 3.63) is 48.5 Å². The third-order valence-corrected chi connectivity index (χ3v) is 5.15. The lowest BCUT2D eigenvalue weighted by Crippen LogP contribution is -2.33. The van der Waals surface area contributed by atoms with E-state index < -0.39 is 0 Å². The maximum Gasteiger partial charge on any atom is 0.230 e. The van der Waals surface area contributed by atoms with E-state index in [1.807, 2.05) is 55.5 Å². The van der Waals surface area contributed by atoms with E-state index in [9.17, 15) is 4.79 Å². The summed E-state index contributed by atoms with van der Waals surface area (Å²) in [5.74, 6) is 1.17. The third-order valence-electron chi connectivity index (χ3n) is 4.21. The Bertz CT molecular complexity index is 890. The molecule has 0 saturated heterocycles. The van der Waals surface area contributed by atoms with Crippen LogP contribution in [0.4, 0.5) is 0 Å². The number of methoxy groups -OCH3 is 1. The number of imidazole rings is 1. The largest absolute Gasteiger partial charge is 0.497 e. The van der Waals surface area contributed by atoms with Crippen LogP contribution >= 0.6 is 11.8 Å². The highest BCUT2D eigenvalue weighted by atomic mass is 32.2. The molecule has 6 heteroatoms. The fourth-order valence-electron chi connectivity index (χ4n) is 2.63. The minimum absolute atomic E-state index is 0.0256. The third kappa shape index (κ3) is 4.02. The number of hydrogen-bond donors (Lipinski definition) is 1. The Morgan fingerprint density at radius 2 is 1.96 bits per heavy atom. The fraction of sp³-hybridized carbons (Fsp3) is 0.300. The van der Waals surface area contributed by atoms with E-state index in [4.69, 9.17) is 9.72 Å². The lowest BCUT2D eigenvalue weighted by Gasteiger charge is -2.12. The van der Waals surface area contributed by atoms with Crippen LogP contribution < -0.4 is 10.1 Å². The van der Waals surface area contributed by atoms with Crippen molar-refractivity contribution >= 4 is 28.7 Å². The van der Waals surface area contributed by atoms with Crippen molar-refractivity contribution in [1.29, 1.82) is 0 Å².